The lowest BCUT2D eigenvalue weighted by atomic mass is 10.2. The van der Waals surface area contributed by atoms with Crippen molar-refractivity contribution in [2.45, 2.75) is 0 Å². The molecular formula is C13H13FN2O7. The Bertz CT molecular complexity index is 673. The lowest BCUT2D eigenvalue weighted by Crippen LogP contribution is -2.16. The fourth-order valence-corrected chi connectivity index (χ4v) is 1.53. The van der Waals surface area contributed by atoms with Gasteiger partial charge in [0.2, 0.25) is 0 Å². The molecule has 0 saturated heterocycles. The average Bonchev–Trinajstić information content (AvgIpc) is 2.53. The maximum atomic E-state index is 13.7. The standard InChI is InChI=1S/C13H13FN2O7/c1-21-11-6-10(16(19)20)8(4-7(11)14)15-9(13(18)23-3)5-12(17)22-2/h4-6,15H,1-3H3/b9-5+. The summed E-state index contributed by atoms with van der Waals surface area (Å²) in [6.45, 7) is 0. The Morgan fingerprint density at radius 1 is 1.26 bits per heavy atom. The molecule has 1 N–H and O–H groups in total. The Morgan fingerprint density at radius 2 is 1.91 bits per heavy atom. The highest BCUT2D eigenvalue weighted by Crippen LogP contribution is 2.32. The number of carbonyl (C=O) groups is 2. The van der Waals surface area contributed by atoms with E-state index in [4.69, 9.17) is 0 Å². The smallest absolute Gasteiger partial charge is 0.354 e. The summed E-state index contributed by atoms with van der Waals surface area (Å²) in [4.78, 5) is 33.1. The molecule has 1 aromatic rings. The van der Waals surface area contributed by atoms with Crippen molar-refractivity contribution >= 4 is 23.3 Å². The van der Waals surface area contributed by atoms with Gasteiger partial charge in [-0.3, -0.25) is 10.1 Å². The number of hydrogen-bond acceptors (Lipinski definition) is 8. The van der Waals surface area contributed by atoms with Crippen molar-refractivity contribution in [3.8, 4) is 5.75 Å². The monoisotopic (exact) mass is 328 g/mol. The van der Waals surface area contributed by atoms with Gasteiger partial charge in [0.1, 0.15) is 11.4 Å². The number of nitro benzene ring substituents is 1. The van der Waals surface area contributed by atoms with Gasteiger partial charge in [0.15, 0.2) is 11.6 Å². The first-order valence-corrected chi connectivity index (χ1v) is 6.01. The zero-order valence-corrected chi connectivity index (χ0v) is 12.4. The highest BCUT2D eigenvalue weighted by atomic mass is 19.1. The number of rotatable bonds is 6. The zero-order chi connectivity index (χ0) is 17.6. The quantitative estimate of drug-likeness (QED) is 0.360. The molecule has 0 aliphatic carbocycles. The third-order valence-corrected chi connectivity index (χ3v) is 2.60. The molecule has 9 nitrogen and oxygen atoms in total. The average molecular weight is 328 g/mol. The van der Waals surface area contributed by atoms with Crippen molar-refractivity contribution in [2.75, 3.05) is 26.6 Å². The van der Waals surface area contributed by atoms with Gasteiger partial charge >= 0.3 is 11.9 Å². The molecule has 0 saturated carbocycles. The minimum Gasteiger partial charge on any atom is -0.493 e. The minimum atomic E-state index is -0.999. The summed E-state index contributed by atoms with van der Waals surface area (Å²) >= 11 is 0. The van der Waals surface area contributed by atoms with Crippen molar-refractivity contribution in [3.05, 3.63) is 39.8 Å². The summed E-state index contributed by atoms with van der Waals surface area (Å²) in [5.41, 5.74) is -1.40. The van der Waals surface area contributed by atoms with Crippen LogP contribution in [0, 0.1) is 15.9 Å². The molecular weight excluding hydrogens is 315 g/mol. The SMILES string of the molecule is COC(=O)/C=C(/Nc1cc(F)c(OC)cc1[N+](=O)[O-])C(=O)OC. The zero-order valence-electron chi connectivity index (χ0n) is 12.4. The molecule has 0 radical (unpaired) electrons. The van der Waals surface area contributed by atoms with Gasteiger partial charge in [-0.15, -0.1) is 0 Å². The molecule has 0 aliphatic rings. The van der Waals surface area contributed by atoms with E-state index in [0.717, 1.165) is 39.5 Å². The predicted octanol–water partition coefficient (Wildman–Crippen LogP) is 1.38. The Hall–Kier alpha value is -3.17. The second-order valence-electron chi connectivity index (χ2n) is 3.96. The lowest BCUT2D eigenvalue weighted by Gasteiger charge is -2.11. The molecule has 0 aliphatic heterocycles. The fourth-order valence-electron chi connectivity index (χ4n) is 1.53. The van der Waals surface area contributed by atoms with E-state index in [1.165, 1.54) is 0 Å². The largest absolute Gasteiger partial charge is 0.493 e. The summed E-state index contributed by atoms with van der Waals surface area (Å²) in [5, 5.41) is 13.3. The number of benzene rings is 1. The first-order chi connectivity index (χ1) is 10.8. The molecule has 0 fully saturated rings. The van der Waals surface area contributed by atoms with E-state index < -0.39 is 34.1 Å². The van der Waals surface area contributed by atoms with Crippen LogP contribution in [-0.2, 0) is 19.1 Å². The first-order valence-electron chi connectivity index (χ1n) is 6.01. The predicted molar refractivity (Wildman–Crippen MR) is 75.3 cm³/mol. The second-order valence-corrected chi connectivity index (χ2v) is 3.96. The van der Waals surface area contributed by atoms with Gasteiger partial charge in [0.05, 0.1) is 38.4 Å². The molecule has 0 unspecified atom stereocenters. The van der Waals surface area contributed by atoms with Crippen LogP contribution in [0.15, 0.2) is 23.9 Å². The fraction of sp³-hybridized carbons (Fsp3) is 0.231. The number of esters is 2. The lowest BCUT2D eigenvalue weighted by molar-refractivity contribution is -0.384. The van der Waals surface area contributed by atoms with E-state index in [1.54, 1.807) is 0 Å². The first kappa shape index (κ1) is 17.9. The minimum absolute atomic E-state index is 0.348. The van der Waals surface area contributed by atoms with Crippen LogP contribution in [0.25, 0.3) is 0 Å². The molecule has 0 atom stereocenters. The summed E-state index contributed by atoms with van der Waals surface area (Å²) in [7, 11) is 3.26. The van der Waals surface area contributed by atoms with Crippen LogP contribution in [0.1, 0.15) is 0 Å². The van der Waals surface area contributed by atoms with Crippen molar-refractivity contribution < 1.29 is 33.1 Å². The molecule has 0 aromatic heterocycles. The van der Waals surface area contributed by atoms with E-state index in [1.807, 2.05) is 0 Å². The van der Waals surface area contributed by atoms with Crippen LogP contribution < -0.4 is 10.1 Å². The van der Waals surface area contributed by atoms with Crippen LogP contribution in [0.3, 0.4) is 0 Å². The number of halogens is 1. The van der Waals surface area contributed by atoms with Gasteiger partial charge in [-0.2, -0.15) is 0 Å². The number of methoxy groups -OCH3 is 3. The Labute approximate surface area is 129 Å². The molecule has 1 rings (SSSR count). The third-order valence-electron chi connectivity index (χ3n) is 2.60. The number of nitro groups is 1. The molecule has 0 bridgehead atoms. The normalized spacial score (nSPS) is 10.7. The van der Waals surface area contributed by atoms with Crippen molar-refractivity contribution in [2.24, 2.45) is 0 Å². The van der Waals surface area contributed by atoms with E-state index in [2.05, 4.69) is 19.5 Å². The maximum Gasteiger partial charge on any atom is 0.354 e. The Morgan fingerprint density at radius 3 is 2.39 bits per heavy atom. The van der Waals surface area contributed by atoms with E-state index >= 15 is 0 Å². The van der Waals surface area contributed by atoms with Crippen LogP contribution in [-0.4, -0.2) is 38.2 Å². The van der Waals surface area contributed by atoms with E-state index in [-0.39, 0.29) is 11.4 Å². The van der Waals surface area contributed by atoms with Crippen molar-refractivity contribution in [1.29, 1.82) is 0 Å². The number of hydrogen-bond donors (Lipinski definition) is 1. The molecule has 0 spiro atoms. The summed E-state index contributed by atoms with van der Waals surface area (Å²) in [5.74, 6) is -3.16. The van der Waals surface area contributed by atoms with Gasteiger partial charge in [-0.05, 0) is 0 Å². The molecule has 0 amide bonds. The maximum absolute atomic E-state index is 13.7. The Balaban J connectivity index is 3.35. The molecule has 10 heteroatoms. The van der Waals surface area contributed by atoms with Crippen molar-refractivity contribution in [1.82, 2.24) is 0 Å². The van der Waals surface area contributed by atoms with E-state index in [9.17, 15) is 24.1 Å². The van der Waals surface area contributed by atoms with E-state index in [0.29, 0.717) is 0 Å². The second kappa shape index (κ2) is 7.73. The molecule has 0 heterocycles. The highest BCUT2D eigenvalue weighted by molar-refractivity contribution is 5.99. The number of carbonyl (C=O) groups excluding carboxylic acids is 2. The van der Waals surface area contributed by atoms with Gasteiger partial charge in [-0.1, -0.05) is 0 Å². The van der Waals surface area contributed by atoms with Crippen molar-refractivity contribution in [3.63, 3.8) is 0 Å². The molecule has 23 heavy (non-hydrogen) atoms. The molecule has 1 aromatic carbocycles. The van der Waals surface area contributed by atoms with Gasteiger partial charge in [0.25, 0.3) is 5.69 Å². The third kappa shape index (κ3) is 4.40. The number of ether oxygens (including phenoxy) is 3. The van der Waals surface area contributed by atoms with Crippen LogP contribution in [0.5, 0.6) is 5.75 Å². The summed E-state index contributed by atoms with van der Waals surface area (Å²) < 4.78 is 27.2. The topological polar surface area (TPSA) is 117 Å². The van der Waals surface area contributed by atoms with Crippen LogP contribution >= 0.6 is 0 Å². The van der Waals surface area contributed by atoms with Gasteiger partial charge in [0, 0.05) is 6.07 Å². The number of nitrogens with zero attached hydrogens (tertiary/aromatic N) is 1. The molecule has 124 valence electrons. The van der Waals surface area contributed by atoms with Gasteiger partial charge in [-0.25, -0.2) is 14.0 Å². The Kier molecular flexibility index (Phi) is 6.01. The van der Waals surface area contributed by atoms with Crippen LogP contribution in [0.4, 0.5) is 15.8 Å². The van der Waals surface area contributed by atoms with Gasteiger partial charge < -0.3 is 19.5 Å². The summed E-state index contributed by atoms with van der Waals surface area (Å²) in [6.07, 6.45) is 0.720. The van der Waals surface area contributed by atoms with Crippen LogP contribution in [0.2, 0.25) is 0 Å². The number of anilines is 1. The highest BCUT2D eigenvalue weighted by Gasteiger charge is 2.22. The number of nitrogens with one attached hydrogen (secondary N) is 1. The summed E-state index contributed by atoms with van der Waals surface area (Å²) in [6, 6.07) is 1.59.